The van der Waals surface area contributed by atoms with Crippen molar-refractivity contribution in [2.75, 3.05) is 6.54 Å². The Morgan fingerprint density at radius 2 is 2.24 bits per heavy atom. The highest BCUT2D eigenvalue weighted by Crippen LogP contribution is 2.20. The van der Waals surface area contributed by atoms with Crippen molar-refractivity contribution in [3.63, 3.8) is 0 Å². The molecule has 0 aliphatic carbocycles. The Balaban J connectivity index is 1.98. The molecule has 0 saturated heterocycles. The van der Waals surface area contributed by atoms with Crippen LogP contribution in [0.4, 0.5) is 0 Å². The van der Waals surface area contributed by atoms with Crippen LogP contribution in [0.2, 0.25) is 0 Å². The molecular weight excluding hydrogens is 308 g/mol. The molecule has 2 aromatic rings. The van der Waals surface area contributed by atoms with Gasteiger partial charge in [0.05, 0.1) is 6.26 Å². The molecule has 0 amide bonds. The van der Waals surface area contributed by atoms with Gasteiger partial charge in [0.15, 0.2) is 0 Å². The summed E-state index contributed by atoms with van der Waals surface area (Å²) in [4.78, 5) is 0. The Hall–Kier alpha value is -1.15. The van der Waals surface area contributed by atoms with E-state index in [1.165, 1.54) is 11.3 Å². The van der Waals surface area contributed by atoms with Gasteiger partial charge in [0, 0.05) is 19.0 Å². The molecule has 2 rings (SSSR count). The minimum Gasteiger partial charge on any atom is -0.469 e. The number of hydrogen-bond donors (Lipinski definition) is 2. The third-order valence-electron chi connectivity index (χ3n) is 2.92. The summed E-state index contributed by atoms with van der Waals surface area (Å²) in [5.41, 5.74) is 0.987. The van der Waals surface area contributed by atoms with E-state index in [9.17, 15) is 8.42 Å². The van der Waals surface area contributed by atoms with Crippen molar-refractivity contribution in [2.24, 2.45) is 0 Å². The first kappa shape index (κ1) is 16.2. The zero-order valence-corrected chi connectivity index (χ0v) is 13.8. The molecule has 0 aromatic carbocycles. The molecule has 21 heavy (non-hydrogen) atoms. The second-order valence-corrected chi connectivity index (χ2v) is 7.71. The van der Waals surface area contributed by atoms with Crippen molar-refractivity contribution in [3.8, 4) is 0 Å². The Morgan fingerprint density at radius 3 is 2.90 bits per heavy atom. The molecule has 116 valence electrons. The van der Waals surface area contributed by atoms with Gasteiger partial charge in [-0.25, -0.2) is 13.1 Å². The van der Waals surface area contributed by atoms with Crippen LogP contribution in [0.1, 0.15) is 25.2 Å². The summed E-state index contributed by atoms with van der Waals surface area (Å²) in [6.07, 6.45) is 2.12. The van der Waals surface area contributed by atoms with Crippen molar-refractivity contribution >= 4 is 21.4 Å². The molecule has 5 nitrogen and oxygen atoms in total. The first-order valence-electron chi connectivity index (χ1n) is 6.84. The van der Waals surface area contributed by atoms with Crippen LogP contribution < -0.4 is 10.0 Å². The number of rotatable bonds is 8. The lowest BCUT2D eigenvalue weighted by atomic mass is 10.2. The summed E-state index contributed by atoms with van der Waals surface area (Å²) in [6, 6.07) is 5.13. The third kappa shape index (κ3) is 4.67. The highest BCUT2D eigenvalue weighted by atomic mass is 32.2. The van der Waals surface area contributed by atoms with Crippen molar-refractivity contribution in [3.05, 3.63) is 41.2 Å². The number of sulfonamides is 1. The van der Waals surface area contributed by atoms with Gasteiger partial charge >= 0.3 is 0 Å². The second kappa shape index (κ2) is 7.22. The molecule has 2 aromatic heterocycles. The van der Waals surface area contributed by atoms with Crippen LogP contribution in [0, 0.1) is 0 Å². The summed E-state index contributed by atoms with van der Waals surface area (Å²) in [5, 5.41) is 5.05. The van der Waals surface area contributed by atoms with E-state index in [4.69, 9.17) is 4.42 Å². The van der Waals surface area contributed by atoms with Gasteiger partial charge in [-0.05, 0) is 42.6 Å². The summed E-state index contributed by atoms with van der Waals surface area (Å²) in [6.45, 7) is 5.38. The van der Waals surface area contributed by atoms with E-state index in [-0.39, 0.29) is 6.04 Å². The largest absolute Gasteiger partial charge is 0.469 e. The number of hydrogen-bond acceptors (Lipinski definition) is 5. The van der Waals surface area contributed by atoms with Crippen LogP contribution in [0.3, 0.4) is 0 Å². The predicted molar refractivity (Wildman–Crippen MR) is 83.9 cm³/mol. The van der Waals surface area contributed by atoms with E-state index in [1.54, 1.807) is 18.4 Å². The van der Waals surface area contributed by atoms with E-state index in [0.717, 1.165) is 17.9 Å². The van der Waals surface area contributed by atoms with Crippen LogP contribution >= 0.6 is 11.3 Å². The minimum atomic E-state index is -3.47. The zero-order chi connectivity index (χ0) is 15.3. The zero-order valence-electron chi connectivity index (χ0n) is 12.1. The van der Waals surface area contributed by atoms with E-state index < -0.39 is 10.0 Å². The average molecular weight is 328 g/mol. The lowest BCUT2D eigenvalue weighted by molar-refractivity contribution is 0.479. The van der Waals surface area contributed by atoms with E-state index >= 15 is 0 Å². The molecule has 7 heteroatoms. The monoisotopic (exact) mass is 328 g/mol. The van der Waals surface area contributed by atoms with Gasteiger partial charge in [-0.15, -0.1) is 11.3 Å². The van der Waals surface area contributed by atoms with Gasteiger partial charge in [-0.2, -0.15) is 0 Å². The molecular formula is C14H20N2O3S2. The molecule has 0 fully saturated rings. The Bertz CT molecular complexity index is 648. The first-order chi connectivity index (χ1) is 10.0. The van der Waals surface area contributed by atoms with Gasteiger partial charge in [0.2, 0.25) is 10.0 Å². The third-order valence-corrected chi connectivity index (χ3v) is 6.00. The summed E-state index contributed by atoms with van der Waals surface area (Å²) >= 11 is 1.24. The van der Waals surface area contributed by atoms with Gasteiger partial charge < -0.3 is 9.73 Å². The standard InChI is InChI=1S/C14H20N2O3S2/c1-3-15-9-12-8-14(20-10-12)21(17,18)16-11(2)7-13-5-4-6-19-13/h4-6,8,10-11,15-16H,3,7,9H2,1-2H3. The molecule has 0 bridgehead atoms. The number of furan rings is 1. The SMILES string of the molecule is CCNCc1csc(S(=O)(=O)NC(C)Cc2ccco2)c1. The highest BCUT2D eigenvalue weighted by Gasteiger charge is 2.20. The van der Waals surface area contributed by atoms with Crippen LogP contribution in [0.15, 0.2) is 38.5 Å². The molecule has 1 atom stereocenters. The topological polar surface area (TPSA) is 71.3 Å². The Kier molecular flexibility index (Phi) is 5.58. The van der Waals surface area contributed by atoms with E-state index in [2.05, 4.69) is 10.0 Å². The highest BCUT2D eigenvalue weighted by molar-refractivity contribution is 7.91. The Morgan fingerprint density at radius 1 is 1.43 bits per heavy atom. The quantitative estimate of drug-likeness (QED) is 0.780. The van der Waals surface area contributed by atoms with Crippen LogP contribution in [0.25, 0.3) is 0 Å². The normalized spacial score (nSPS) is 13.4. The lowest BCUT2D eigenvalue weighted by Gasteiger charge is -2.11. The summed E-state index contributed by atoms with van der Waals surface area (Å²) < 4.78 is 32.9. The maximum Gasteiger partial charge on any atom is 0.250 e. The van der Waals surface area contributed by atoms with Crippen LogP contribution in [-0.4, -0.2) is 21.0 Å². The molecule has 2 N–H and O–H groups in total. The molecule has 0 aliphatic rings. The van der Waals surface area contributed by atoms with Crippen molar-refractivity contribution < 1.29 is 12.8 Å². The van der Waals surface area contributed by atoms with Crippen LogP contribution in [-0.2, 0) is 23.0 Å². The van der Waals surface area contributed by atoms with Gasteiger partial charge in [-0.1, -0.05) is 6.92 Å². The smallest absolute Gasteiger partial charge is 0.250 e. The molecule has 2 heterocycles. The molecule has 0 saturated carbocycles. The Labute approximate surface area is 129 Å². The lowest BCUT2D eigenvalue weighted by Crippen LogP contribution is -2.33. The van der Waals surface area contributed by atoms with Gasteiger partial charge in [0.1, 0.15) is 9.97 Å². The van der Waals surface area contributed by atoms with E-state index in [1.807, 2.05) is 25.3 Å². The van der Waals surface area contributed by atoms with Gasteiger partial charge in [0.25, 0.3) is 0 Å². The summed E-state index contributed by atoms with van der Waals surface area (Å²) in [7, 11) is -3.47. The van der Waals surface area contributed by atoms with Crippen molar-refractivity contribution in [1.82, 2.24) is 10.0 Å². The number of nitrogens with one attached hydrogen (secondary N) is 2. The molecule has 0 spiro atoms. The van der Waals surface area contributed by atoms with Crippen LogP contribution in [0.5, 0.6) is 0 Å². The minimum absolute atomic E-state index is 0.222. The predicted octanol–water partition coefficient (Wildman–Crippen LogP) is 2.36. The number of thiophene rings is 1. The molecule has 0 aliphatic heterocycles. The van der Waals surface area contributed by atoms with E-state index in [0.29, 0.717) is 17.2 Å². The fraction of sp³-hybridized carbons (Fsp3) is 0.429. The second-order valence-electron chi connectivity index (χ2n) is 4.86. The fourth-order valence-corrected chi connectivity index (χ4v) is 4.42. The average Bonchev–Trinajstić information content (AvgIpc) is 3.06. The fourth-order valence-electron chi connectivity index (χ4n) is 1.95. The maximum atomic E-state index is 12.3. The molecule has 0 radical (unpaired) electrons. The summed E-state index contributed by atoms with van der Waals surface area (Å²) in [5.74, 6) is 0.768. The molecule has 1 unspecified atom stereocenters. The maximum absolute atomic E-state index is 12.3. The van der Waals surface area contributed by atoms with Crippen molar-refractivity contribution in [1.29, 1.82) is 0 Å². The van der Waals surface area contributed by atoms with Crippen molar-refractivity contribution in [2.45, 2.75) is 37.1 Å². The first-order valence-corrected chi connectivity index (χ1v) is 9.20. The van der Waals surface area contributed by atoms with Gasteiger partial charge in [-0.3, -0.25) is 0 Å².